The molecule has 3 heterocycles. The van der Waals surface area contributed by atoms with E-state index in [2.05, 4.69) is 10.1 Å². The van der Waals surface area contributed by atoms with Gasteiger partial charge in [0.15, 0.2) is 5.65 Å². The van der Waals surface area contributed by atoms with Crippen LogP contribution in [0.3, 0.4) is 0 Å². The topological polar surface area (TPSA) is 59.7 Å². The van der Waals surface area contributed by atoms with Crippen molar-refractivity contribution in [3.8, 4) is 5.75 Å². The van der Waals surface area contributed by atoms with Crippen molar-refractivity contribution in [1.82, 2.24) is 19.5 Å². The first-order chi connectivity index (χ1) is 13.5. The van der Waals surface area contributed by atoms with Gasteiger partial charge in [0.05, 0.1) is 47.9 Å². The van der Waals surface area contributed by atoms with E-state index in [0.717, 1.165) is 24.1 Å². The van der Waals surface area contributed by atoms with Crippen LogP contribution < -0.4 is 4.74 Å². The fourth-order valence-electron chi connectivity index (χ4n) is 3.28. The third-order valence-corrected chi connectivity index (χ3v) is 5.20. The van der Waals surface area contributed by atoms with Crippen LogP contribution >= 0.6 is 11.6 Å². The molecule has 8 heteroatoms. The smallest absolute Gasteiger partial charge is 0.258 e. The highest BCUT2D eigenvalue weighted by molar-refractivity contribution is 6.31. The number of rotatable bonds is 5. The number of carbonyl (C=O) groups excluding carboxylic acids is 1. The summed E-state index contributed by atoms with van der Waals surface area (Å²) in [5, 5.41) is 5.05. The summed E-state index contributed by atoms with van der Waals surface area (Å²) < 4.78 is 21.0. The maximum atomic E-state index is 13.7. The van der Waals surface area contributed by atoms with Gasteiger partial charge in [-0.15, -0.1) is 0 Å². The summed E-state index contributed by atoms with van der Waals surface area (Å²) in [6.07, 6.45) is 3.52. The van der Waals surface area contributed by atoms with Crippen LogP contribution in [0.4, 0.5) is 4.39 Å². The Morgan fingerprint density at radius 2 is 2.18 bits per heavy atom. The molecule has 4 rings (SSSR count). The minimum absolute atomic E-state index is 0.215. The van der Waals surface area contributed by atoms with E-state index < -0.39 is 5.82 Å². The standard InChI is InChI=1S/C20H20ClFN4O2/c1-3-4-7-28-18-8-13(22)5-6-14(18)20(27)25-9-15-17(11-25)24-26-10-16(21)12(2)23-19(15)26/h5-6,8,10H,3-4,7,9,11H2,1-2H3. The van der Waals surface area contributed by atoms with Gasteiger partial charge in [0.25, 0.3) is 5.91 Å². The molecule has 3 aromatic rings. The van der Waals surface area contributed by atoms with Crippen molar-refractivity contribution in [1.29, 1.82) is 0 Å². The summed E-state index contributed by atoms with van der Waals surface area (Å²) in [6.45, 7) is 5.06. The summed E-state index contributed by atoms with van der Waals surface area (Å²) >= 11 is 6.12. The number of aryl methyl sites for hydroxylation is 1. The average molecular weight is 403 g/mol. The Labute approximate surface area is 166 Å². The summed E-state index contributed by atoms with van der Waals surface area (Å²) in [5.41, 5.74) is 3.46. The zero-order chi connectivity index (χ0) is 19.8. The van der Waals surface area contributed by atoms with E-state index in [0.29, 0.717) is 41.6 Å². The fourth-order valence-corrected chi connectivity index (χ4v) is 3.41. The first-order valence-electron chi connectivity index (χ1n) is 9.22. The normalized spacial score (nSPS) is 13.2. The summed E-state index contributed by atoms with van der Waals surface area (Å²) in [7, 11) is 0. The van der Waals surface area contributed by atoms with Gasteiger partial charge in [-0.2, -0.15) is 5.10 Å². The second-order valence-electron chi connectivity index (χ2n) is 6.87. The summed E-state index contributed by atoms with van der Waals surface area (Å²) in [4.78, 5) is 19.3. The molecule has 0 aliphatic carbocycles. The highest BCUT2D eigenvalue weighted by atomic mass is 35.5. The second-order valence-corrected chi connectivity index (χ2v) is 7.28. The lowest BCUT2D eigenvalue weighted by molar-refractivity contribution is 0.0745. The molecule has 6 nitrogen and oxygen atoms in total. The lowest BCUT2D eigenvalue weighted by Gasteiger charge is -2.18. The molecule has 1 aliphatic rings. The molecular formula is C20H20ClFN4O2. The van der Waals surface area contributed by atoms with Crippen LogP contribution in [-0.2, 0) is 13.1 Å². The Morgan fingerprint density at radius 1 is 1.36 bits per heavy atom. The van der Waals surface area contributed by atoms with E-state index >= 15 is 0 Å². The Hall–Kier alpha value is -2.67. The molecule has 28 heavy (non-hydrogen) atoms. The number of unbranched alkanes of at least 4 members (excludes halogenated alkanes) is 1. The zero-order valence-corrected chi connectivity index (χ0v) is 16.5. The van der Waals surface area contributed by atoms with Gasteiger partial charge in [-0.25, -0.2) is 13.9 Å². The average Bonchev–Trinajstić information content (AvgIpc) is 3.21. The van der Waals surface area contributed by atoms with E-state index in [1.807, 2.05) is 13.8 Å². The van der Waals surface area contributed by atoms with Crippen LogP contribution in [0.5, 0.6) is 5.75 Å². The number of fused-ring (bicyclic) bond motifs is 3. The van der Waals surface area contributed by atoms with E-state index in [4.69, 9.17) is 16.3 Å². The van der Waals surface area contributed by atoms with Gasteiger partial charge in [-0.1, -0.05) is 24.9 Å². The number of carbonyl (C=O) groups is 1. The number of nitrogens with zero attached hydrogens (tertiary/aromatic N) is 4. The number of halogens is 2. The van der Waals surface area contributed by atoms with Crippen molar-refractivity contribution in [2.24, 2.45) is 0 Å². The third kappa shape index (κ3) is 3.30. The number of hydrogen-bond donors (Lipinski definition) is 0. The number of aromatic nitrogens is 3. The minimum atomic E-state index is -0.429. The molecule has 2 aromatic heterocycles. The van der Waals surface area contributed by atoms with E-state index in [1.54, 1.807) is 15.6 Å². The van der Waals surface area contributed by atoms with Crippen molar-refractivity contribution >= 4 is 23.2 Å². The molecule has 0 saturated carbocycles. The maximum absolute atomic E-state index is 13.7. The molecule has 0 bridgehead atoms. The van der Waals surface area contributed by atoms with Crippen LogP contribution in [0.2, 0.25) is 5.02 Å². The largest absolute Gasteiger partial charge is 0.493 e. The zero-order valence-electron chi connectivity index (χ0n) is 15.7. The van der Waals surface area contributed by atoms with Gasteiger partial charge in [0.2, 0.25) is 0 Å². The van der Waals surface area contributed by atoms with Crippen molar-refractivity contribution in [2.45, 2.75) is 39.8 Å². The SMILES string of the molecule is CCCCOc1cc(F)ccc1C(=O)N1Cc2nn3cc(Cl)c(C)nc3c2C1. The first kappa shape index (κ1) is 18.7. The molecule has 0 radical (unpaired) electrons. The second kappa shape index (κ2) is 7.39. The molecule has 1 aliphatic heterocycles. The lowest BCUT2D eigenvalue weighted by Crippen LogP contribution is -2.26. The molecule has 1 amide bonds. The highest BCUT2D eigenvalue weighted by Crippen LogP contribution is 2.30. The Kier molecular flexibility index (Phi) is 4.93. The summed E-state index contributed by atoms with van der Waals surface area (Å²) in [6, 6.07) is 4.02. The van der Waals surface area contributed by atoms with Crippen LogP contribution in [0.15, 0.2) is 24.4 Å². The van der Waals surface area contributed by atoms with Crippen molar-refractivity contribution in [3.63, 3.8) is 0 Å². The molecule has 0 atom stereocenters. The highest BCUT2D eigenvalue weighted by Gasteiger charge is 2.31. The van der Waals surface area contributed by atoms with Crippen LogP contribution in [0.1, 0.15) is 47.1 Å². The molecule has 146 valence electrons. The third-order valence-electron chi connectivity index (χ3n) is 4.82. The molecular weight excluding hydrogens is 383 g/mol. The maximum Gasteiger partial charge on any atom is 0.258 e. The monoisotopic (exact) mass is 402 g/mol. The van der Waals surface area contributed by atoms with Gasteiger partial charge >= 0.3 is 0 Å². The molecule has 0 N–H and O–H groups in total. The molecule has 0 spiro atoms. The predicted molar refractivity (Wildman–Crippen MR) is 103 cm³/mol. The number of benzene rings is 1. The Bertz CT molecular complexity index is 1070. The summed E-state index contributed by atoms with van der Waals surface area (Å²) in [5.74, 6) is -0.367. The van der Waals surface area contributed by atoms with Gasteiger partial charge in [0, 0.05) is 11.6 Å². The minimum Gasteiger partial charge on any atom is -0.493 e. The van der Waals surface area contributed by atoms with Crippen molar-refractivity contribution in [2.75, 3.05) is 6.61 Å². The molecule has 1 aromatic carbocycles. The number of hydrogen-bond acceptors (Lipinski definition) is 4. The Morgan fingerprint density at radius 3 is 2.96 bits per heavy atom. The van der Waals surface area contributed by atoms with Crippen LogP contribution in [-0.4, -0.2) is 32.0 Å². The Balaban J connectivity index is 1.60. The van der Waals surface area contributed by atoms with E-state index in [1.165, 1.54) is 18.2 Å². The first-order valence-corrected chi connectivity index (χ1v) is 9.60. The van der Waals surface area contributed by atoms with E-state index in [-0.39, 0.29) is 11.7 Å². The number of ether oxygens (including phenoxy) is 1. The molecule has 0 fully saturated rings. The van der Waals surface area contributed by atoms with Gasteiger partial charge in [0.1, 0.15) is 11.6 Å². The number of amides is 1. The molecule has 0 unspecified atom stereocenters. The quantitative estimate of drug-likeness (QED) is 0.601. The lowest BCUT2D eigenvalue weighted by atomic mass is 10.1. The predicted octanol–water partition coefficient (Wildman–Crippen LogP) is 4.17. The van der Waals surface area contributed by atoms with Crippen LogP contribution in [0, 0.1) is 12.7 Å². The van der Waals surface area contributed by atoms with Crippen molar-refractivity contribution < 1.29 is 13.9 Å². The fraction of sp³-hybridized carbons (Fsp3) is 0.350. The van der Waals surface area contributed by atoms with E-state index in [9.17, 15) is 9.18 Å². The van der Waals surface area contributed by atoms with Gasteiger partial charge in [-0.05, 0) is 25.5 Å². The van der Waals surface area contributed by atoms with Crippen molar-refractivity contribution in [3.05, 3.63) is 57.8 Å². The van der Waals surface area contributed by atoms with Gasteiger partial charge < -0.3 is 9.64 Å². The van der Waals surface area contributed by atoms with Gasteiger partial charge in [-0.3, -0.25) is 4.79 Å². The van der Waals surface area contributed by atoms with Crippen LogP contribution in [0.25, 0.3) is 5.65 Å². The molecule has 0 saturated heterocycles.